The van der Waals surface area contributed by atoms with Crippen LogP contribution in [0.15, 0.2) is 18.2 Å². The molecule has 0 bridgehead atoms. The maximum absolute atomic E-state index is 14.0. The van der Waals surface area contributed by atoms with E-state index in [1.54, 1.807) is 13.2 Å². The summed E-state index contributed by atoms with van der Waals surface area (Å²) in [5, 5.41) is 0. The number of aryl methyl sites for hydroxylation is 1. The molecular weight excluding hydrogens is 343 g/mol. The van der Waals surface area contributed by atoms with Gasteiger partial charge in [-0.25, -0.2) is 4.39 Å². The van der Waals surface area contributed by atoms with E-state index in [1.165, 1.54) is 38.5 Å². The van der Waals surface area contributed by atoms with Gasteiger partial charge in [-0.05, 0) is 62.5 Å². The molecule has 3 nitrogen and oxygen atoms in total. The van der Waals surface area contributed by atoms with E-state index in [1.807, 2.05) is 12.1 Å². The van der Waals surface area contributed by atoms with E-state index in [-0.39, 0.29) is 12.1 Å². The third-order valence-corrected chi connectivity index (χ3v) is 6.22. The van der Waals surface area contributed by atoms with Crippen LogP contribution in [0, 0.1) is 23.6 Å². The molecule has 27 heavy (non-hydrogen) atoms. The van der Waals surface area contributed by atoms with Crippen molar-refractivity contribution in [3.05, 3.63) is 35.1 Å². The first-order chi connectivity index (χ1) is 13.2. The minimum atomic E-state index is -0.147. The van der Waals surface area contributed by atoms with E-state index >= 15 is 0 Å². The molecular formula is C23H35FO3. The standard InChI is InChI=1S/C23H35FO3/c1-3-4-19-14-26-23(27-15-19)20-10-7-17(8-11-20)5-6-18-9-12-21(16-25-2)22(24)13-18/h9,12-13,17,19-20,23H,3-8,10-11,14-16H2,1-2H3. The first kappa shape index (κ1) is 20.8. The highest BCUT2D eigenvalue weighted by Crippen LogP contribution is 2.36. The molecule has 1 saturated heterocycles. The molecule has 1 heterocycles. The number of methoxy groups -OCH3 is 1. The minimum absolute atomic E-state index is 0.0153. The third kappa shape index (κ3) is 6.00. The van der Waals surface area contributed by atoms with Crippen molar-refractivity contribution in [2.24, 2.45) is 17.8 Å². The summed E-state index contributed by atoms with van der Waals surface area (Å²) in [6, 6.07) is 5.57. The maximum atomic E-state index is 14.0. The van der Waals surface area contributed by atoms with Gasteiger partial charge in [-0.2, -0.15) is 0 Å². The zero-order chi connectivity index (χ0) is 19.1. The van der Waals surface area contributed by atoms with E-state index in [4.69, 9.17) is 14.2 Å². The van der Waals surface area contributed by atoms with Crippen molar-refractivity contribution >= 4 is 0 Å². The molecule has 0 spiro atoms. The number of benzene rings is 1. The van der Waals surface area contributed by atoms with Gasteiger partial charge in [0.25, 0.3) is 0 Å². The Kier molecular flexibility index (Phi) is 8.10. The Morgan fingerprint density at radius 1 is 1.04 bits per heavy atom. The van der Waals surface area contributed by atoms with Gasteiger partial charge in [0.2, 0.25) is 0 Å². The Morgan fingerprint density at radius 2 is 1.78 bits per heavy atom. The fraction of sp³-hybridized carbons (Fsp3) is 0.739. The second-order valence-electron chi connectivity index (χ2n) is 8.37. The van der Waals surface area contributed by atoms with Crippen molar-refractivity contribution in [1.82, 2.24) is 0 Å². The predicted octanol–water partition coefficient (Wildman–Crippen LogP) is 5.50. The molecule has 0 N–H and O–H groups in total. The highest BCUT2D eigenvalue weighted by Gasteiger charge is 2.32. The molecule has 1 aliphatic carbocycles. The van der Waals surface area contributed by atoms with E-state index < -0.39 is 0 Å². The van der Waals surface area contributed by atoms with Crippen molar-refractivity contribution in [3.63, 3.8) is 0 Å². The molecule has 4 heteroatoms. The van der Waals surface area contributed by atoms with Crippen molar-refractivity contribution in [1.29, 1.82) is 0 Å². The average Bonchev–Trinajstić information content (AvgIpc) is 2.70. The summed E-state index contributed by atoms with van der Waals surface area (Å²) in [4.78, 5) is 0. The number of hydrogen-bond donors (Lipinski definition) is 0. The number of halogens is 1. The number of hydrogen-bond acceptors (Lipinski definition) is 3. The molecule has 1 aliphatic heterocycles. The summed E-state index contributed by atoms with van der Waals surface area (Å²) in [6.07, 6.45) is 9.35. The summed E-state index contributed by atoms with van der Waals surface area (Å²) < 4.78 is 31.1. The highest BCUT2D eigenvalue weighted by molar-refractivity contribution is 5.24. The van der Waals surface area contributed by atoms with Crippen molar-refractivity contribution in [3.8, 4) is 0 Å². The Morgan fingerprint density at radius 3 is 2.41 bits per heavy atom. The summed E-state index contributed by atoms with van der Waals surface area (Å²) in [6.45, 7) is 4.28. The van der Waals surface area contributed by atoms with Gasteiger partial charge in [-0.3, -0.25) is 0 Å². The summed E-state index contributed by atoms with van der Waals surface area (Å²) in [5.74, 6) is 1.72. The Bertz CT molecular complexity index is 561. The lowest BCUT2D eigenvalue weighted by molar-refractivity contribution is -0.230. The first-order valence-corrected chi connectivity index (χ1v) is 10.7. The summed E-state index contributed by atoms with van der Waals surface area (Å²) in [7, 11) is 1.59. The smallest absolute Gasteiger partial charge is 0.160 e. The monoisotopic (exact) mass is 378 g/mol. The van der Waals surface area contributed by atoms with Crippen LogP contribution < -0.4 is 0 Å². The van der Waals surface area contributed by atoms with E-state index in [2.05, 4.69) is 6.92 Å². The quantitative estimate of drug-likeness (QED) is 0.598. The zero-order valence-corrected chi connectivity index (χ0v) is 16.9. The van der Waals surface area contributed by atoms with Gasteiger partial charge < -0.3 is 14.2 Å². The van der Waals surface area contributed by atoms with E-state index in [0.717, 1.165) is 37.5 Å². The maximum Gasteiger partial charge on any atom is 0.160 e. The van der Waals surface area contributed by atoms with Crippen LogP contribution in [0.5, 0.6) is 0 Å². The van der Waals surface area contributed by atoms with Gasteiger partial charge in [0.15, 0.2) is 6.29 Å². The van der Waals surface area contributed by atoms with E-state index in [9.17, 15) is 4.39 Å². The van der Waals surface area contributed by atoms with Crippen LogP contribution in [0.3, 0.4) is 0 Å². The highest BCUT2D eigenvalue weighted by atomic mass is 19.1. The minimum Gasteiger partial charge on any atom is -0.380 e. The topological polar surface area (TPSA) is 27.7 Å². The molecule has 0 radical (unpaired) electrons. The van der Waals surface area contributed by atoms with Crippen LogP contribution in [0.1, 0.15) is 63.0 Å². The van der Waals surface area contributed by atoms with Crippen LogP contribution >= 0.6 is 0 Å². The molecule has 152 valence electrons. The third-order valence-electron chi connectivity index (χ3n) is 6.22. The number of ether oxygens (including phenoxy) is 3. The fourth-order valence-corrected chi connectivity index (χ4v) is 4.54. The van der Waals surface area contributed by atoms with Crippen molar-refractivity contribution in [2.75, 3.05) is 20.3 Å². The zero-order valence-electron chi connectivity index (χ0n) is 16.9. The average molecular weight is 379 g/mol. The van der Waals surface area contributed by atoms with Crippen molar-refractivity contribution < 1.29 is 18.6 Å². The predicted molar refractivity (Wildman–Crippen MR) is 105 cm³/mol. The molecule has 1 aromatic carbocycles. The summed E-state index contributed by atoms with van der Waals surface area (Å²) >= 11 is 0. The van der Waals surface area contributed by atoms with Gasteiger partial charge in [0.05, 0.1) is 19.8 Å². The second-order valence-corrected chi connectivity index (χ2v) is 8.37. The molecule has 0 unspecified atom stereocenters. The summed E-state index contributed by atoms with van der Waals surface area (Å²) in [5.41, 5.74) is 1.73. The van der Waals surface area contributed by atoms with Crippen LogP contribution in [0.25, 0.3) is 0 Å². The Balaban J connectivity index is 1.38. The van der Waals surface area contributed by atoms with E-state index in [0.29, 0.717) is 24.0 Å². The van der Waals surface area contributed by atoms with Crippen LogP contribution in [-0.2, 0) is 27.2 Å². The Labute approximate surface area is 163 Å². The lowest BCUT2D eigenvalue weighted by Crippen LogP contribution is -2.38. The van der Waals surface area contributed by atoms with Gasteiger partial charge >= 0.3 is 0 Å². The number of rotatable bonds is 8. The second kappa shape index (κ2) is 10.5. The molecule has 3 rings (SSSR count). The lowest BCUT2D eigenvalue weighted by atomic mass is 9.79. The van der Waals surface area contributed by atoms with Crippen LogP contribution in [0.2, 0.25) is 0 Å². The molecule has 0 atom stereocenters. The van der Waals surface area contributed by atoms with Crippen LogP contribution in [0.4, 0.5) is 4.39 Å². The molecule has 1 aromatic rings. The molecule has 2 fully saturated rings. The normalized spacial score (nSPS) is 29.0. The molecule has 0 amide bonds. The first-order valence-electron chi connectivity index (χ1n) is 10.7. The van der Waals surface area contributed by atoms with Gasteiger partial charge in [0.1, 0.15) is 5.82 Å². The lowest BCUT2D eigenvalue weighted by Gasteiger charge is -2.37. The molecule has 2 aliphatic rings. The van der Waals surface area contributed by atoms with Crippen LogP contribution in [-0.4, -0.2) is 26.6 Å². The SMILES string of the molecule is CCCC1COC(C2CCC(CCc3ccc(COC)c(F)c3)CC2)OC1. The largest absolute Gasteiger partial charge is 0.380 e. The van der Waals surface area contributed by atoms with Gasteiger partial charge in [-0.15, -0.1) is 0 Å². The fourth-order valence-electron chi connectivity index (χ4n) is 4.54. The van der Waals surface area contributed by atoms with Gasteiger partial charge in [-0.1, -0.05) is 25.5 Å². The Hall–Kier alpha value is -0.970. The van der Waals surface area contributed by atoms with Crippen molar-refractivity contribution in [2.45, 2.75) is 71.2 Å². The van der Waals surface area contributed by atoms with Gasteiger partial charge in [0, 0.05) is 24.5 Å². The molecule has 1 saturated carbocycles. The molecule has 0 aromatic heterocycles.